The zero-order valence-corrected chi connectivity index (χ0v) is 13.8. The van der Waals surface area contributed by atoms with Gasteiger partial charge >= 0.3 is 0 Å². The molecule has 2 aromatic rings. The van der Waals surface area contributed by atoms with Gasteiger partial charge in [-0.15, -0.1) is 0 Å². The van der Waals surface area contributed by atoms with E-state index in [9.17, 15) is 9.18 Å². The summed E-state index contributed by atoms with van der Waals surface area (Å²) in [4.78, 5) is 14.3. The zero-order valence-electron chi connectivity index (χ0n) is 12.2. The van der Waals surface area contributed by atoms with E-state index in [0.717, 1.165) is 15.6 Å². The standard InChI is InChI=1S/C17H17BrFNO/c1-11-4-7-14(18)10-16(11)17(21)20(3)12(2)13-5-8-15(19)9-6-13/h4-10,12H,1-3H3. The van der Waals surface area contributed by atoms with Crippen LogP contribution in [0.25, 0.3) is 0 Å². The maximum atomic E-state index is 13.0. The highest BCUT2D eigenvalue weighted by molar-refractivity contribution is 9.10. The molecule has 1 amide bonds. The molecule has 0 saturated heterocycles. The summed E-state index contributed by atoms with van der Waals surface area (Å²) in [6.45, 7) is 3.84. The Morgan fingerprint density at radius 2 is 1.81 bits per heavy atom. The summed E-state index contributed by atoms with van der Waals surface area (Å²) < 4.78 is 13.9. The molecule has 0 aliphatic rings. The Balaban J connectivity index is 2.26. The van der Waals surface area contributed by atoms with E-state index in [-0.39, 0.29) is 17.8 Å². The molecular formula is C17H17BrFNO. The van der Waals surface area contributed by atoms with E-state index < -0.39 is 0 Å². The first-order chi connectivity index (χ1) is 9.90. The second-order valence-corrected chi connectivity index (χ2v) is 6.02. The number of nitrogens with zero attached hydrogens (tertiary/aromatic N) is 1. The van der Waals surface area contributed by atoms with Gasteiger partial charge in [-0.05, 0) is 49.2 Å². The smallest absolute Gasteiger partial charge is 0.254 e. The summed E-state index contributed by atoms with van der Waals surface area (Å²) in [5.41, 5.74) is 2.50. The summed E-state index contributed by atoms with van der Waals surface area (Å²) in [7, 11) is 1.76. The predicted octanol–water partition coefficient (Wildman–Crippen LogP) is 4.73. The van der Waals surface area contributed by atoms with Gasteiger partial charge in [0.05, 0.1) is 6.04 Å². The van der Waals surface area contributed by atoms with Gasteiger partial charge in [-0.3, -0.25) is 4.79 Å². The molecule has 110 valence electrons. The van der Waals surface area contributed by atoms with Crippen molar-refractivity contribution >= 4 is 21.8 Å². The molecule has 0 N–H and O–H groups in total. The van der Waals surface area contributed by atoms with Crippen molar-refractivity contribution in [3.05, 3.63) is 69.4 Å². The van der Waals surface area contributed by atoms with Crippen molar-refractivity contribution in [2.45, 2.75) is 19.9 Å². The minimum absolute atomic E-state index is 0.0503. The third kappa shape index (κ3) is 3.50. The summed E-state index contributed by atoms with van der Waals surface area (Å²) in [6, 6.07) is 11.8. The topological polar surface area (TPSA) is 20.3 Å². The second kappa shape index (κ2) is 6.39. The molecule has 0 spiro atoms. The lowest BCUT2D eigenvalue weighted by molar-refractivity contribution is 0.0742. The maximum Gasteiger partial charge on any atom is 0.254 e. The van der Waals surface area contributed by atoms with Gasteiger partial charge in [0.25, 0.3) is 5.91 Å². The molecule has 0 heterocycles. The van der Waals surface area contributed by atoms with E-state index in [2.05, 4.69) is 15.9 Å². The van der Waals surface area contributed by atoms with E-state index in [1.165, 1.54) is 12.1 Å². The van der Waals surface area contributed by atoms with Gasteiger partial charge in [0.1, 0.15) is 5.82 Å². The van der Waals surface area contributed by atoms with Crippen LogP contribution in [0.3, 0.4) is 0 Å². The number of hydrogen-bond acceptors (Lipinski definition) is 1. The number of carbonyl (C=O) groups excluding carboxylic acids is 1. The fourth-order valence-electron chi connectivity index (χ4n) is 2.16. The lowest BCUT2D eigenvalue weighted by Crippen LogP contribution is -2.30. The van der Waals surface area contributed by atoms with Gasteiger partial charge in [-0.2, -0.15) is 0 Å². The third-order valence-corrected chi connectivity index (χ3v) is 4.18. The van der Waals surface area contributed by atoms with E-state index >= 15 is 0 Å². The monoisotopic (exact) mass is 349 g/mol. The lowest BCUT2D eigenvalue weighted by Gasteiger charge is -2.26. The van der Waals surface area contributed by atoms with Crippen LogP contribution in [0.5, 0.6) is 0 Å². The van der Waals surface area contributed by atoms with E-state index in [0.29, 0.717) is 5.56 Å². The van der Waals surface area contributed by atoms with Crippen LogP contribution in [0.4, 0.5) is 4.39 Å². The van der Waals surface area contributed by atoms with Crippen LogP contribution in [-0.4, -0.2) is 17.9 Å². The minimum atomic E-state index is -0.275. The average Bonchev–Trinajstić information content (AvgIpc) is 2.48. The van der Waals surface area contributed by atoms with Crippen molar-refractivity contribution in [1.82, 2.24) is 4.90 Å². The van der Waals surface area contributed by atoms with Crippen LogP contribution in [0, 0.1) is 12.7 Å². The summed E-state index contributed by atoms with van der Waals surface area (Å²) in [5, 5.41) is 0. The molecule has 4 heteroatoms. The highest BCUT2D eigenvalue weighted by atomic mass is 79.9. The van der Waals surface area contributed by atoms with Crippen LogP contribution >= 0.6 is 15.9 Å². The van der Waals surface area contributed by atoms with Crippen molar-refractivity contribution in [1.29, 1.82) is 0 Å². The number of halogens is 2. The Hall–Kier alpha value is -1.68. The first kappa shape index (κ1) is 15.7. The molecule has 0 saturated carbocycles. The molecule has 2 nitrogen and oxygen atoms in total. The number of benzene rings is 2. The Morgan fingerprint density at radius 3 is 2.43 bits per heavy atom. The van der Waals surface area contributed by atoms with Gasteiger partial charge < -0.3 is 4.90 Å². The Labute approximate surface area is 132 Å². The molecule has 2 rings (SSSR count). The van der Waals surface area contributed by atoms with Gasteiger partial charge in [0, 0.05) is 17.1 Å². The predicted molar refractivity (Wildman–Crippen MR) is 85.8 cm³/mol. The normalized spacial score (nSPS) is 12.0. The fraction of sp³-hybridized carbons (Fsp3) is 0.235. The summed E-state index contributed by atoms with van der Waals surface area (Å²) in [5.74, 6) is -0.326. The van der Waals surface area contributed by atoms with Gasteiger partial charge in [0.2, 0.25) is 0 Å². The van der Waals surface area contributed by atoms with E-state index in [4.69, 9.17) is 0 Å². The maximum absolute atomic E-state index is 13.0. The third-order valence-electron chi connectivity index (χ3n) is 3.68. The molecule has 0 aliphatic carbocycles. The highest BCUT2D eigenvalue weighted by Gasteiger charge is 2.20. The molecule has 1 unspecified atom stereocenters. The van der Waals surface area contributed by atoms with Crippen molar-refractivity contribution in [3.63, 3.8) is 0 Å². The van der Waals surface area contributed by atoms with Crippen LogP contribution in [0.2, 0.25) is 0 Å². The molecule has 0 fully saturated rings. The largest absolute Gasteiger partial charge is 0.335 e. The van der Waals surface area contributed by atoms with Gasteiger partial charge in [0.15, 0.2) is 0 Å². The van der Waals surface area contributed by atoms with E-state index in [1.807, 2.05) is 32.0 Å². The van der Waals surface area contributed by atoms with Crippen LogP contribution < -0.4 is 0 Å². The summed E-state index contributed by atoms with van der Waals surface area (Å²) >= 11 is 3.39. The van der Waals surface area contributed by atoms with Crippen LogP contribution in [-0.2, 0) is 0 Å². The number of hydrogen-bond donors (Lipinski definition) is 0. The Morgan fingerprint density at radius 1 is 1.19 bits per heavy atom. The van der Waals surface area contributed by atoms with Crippen molar-refractivity contribution in [3.8, 4) is 0 Å². The average molecular weight is 350 g/mol. The molecule has 1 atom stereocenters. The number of aryl methyl sites for hydroxylation is 1. The van der Waals surface area contributed by atoms with Crippen molar-refractivity contribution in [2.24, 2.45) is 0 Å². The highest BCUT2D eigenvalue weighted by Crippen LogP contribution is 2.23. The molecule has 0 bridgehead atoms. The van der Waals surface area contributed by atoms with Crippen LogP contribution in [0.15, 0.2) is 46.9 Å². The van der Waals surface area contributed by atoms with Crippen LogP contribution in [0.1, 0.15) is 34.5 Å². The number of amides is 1. The SMILES string of the molecule is Cc1ccc(Br)cc1C(=O)N(C)C(C)c1ccc(F)cc1. The van der Waals surface area contributed by atoms with Gasteiger partial charge in [-0.25, -0.2) is 4.39 Å². The number of carbonyl (C=O) groups is 1. The molecule has 2 aromatic carbocycles. The minimum Gasteiger partial charge on any atom is -0.335 e. The molecule has 21 heavy (non-hydrogen) atoms. The second-order valence-electron chi connectivity index (χ2n) is 5.10. The quantitative estimate of drug-likeness (QED) is 0.784. The Bertz CT molecular complexity index is 654. The van der Waals surface area contributed by atoms with Gasteiger partial charge in [-0.1, -0.05) is 34.1 Å². The molecular weight excluding hydrogens is 333 g/mol. The number of rotatable bonds is 3. The molecule has 0 radical (unpaired) electrons. The first-order valence-electron chi connectivity index (χ1n) is 6.69. The first-order valence-corrected chi connectivity index (χ1v) is 7.48. The zero-order chi connectivity index (χ0) is 15.6. The lowest BCUT2D eigenvalue weighted by atomic mass is 10.0. The van der Waals surface area contributed by atoms with E-state index in [1.54, 1.807) is 24.1 Å². The molecule has 0 aliphatic heterocycles. The fourth-order valence-corrected chi connectivity index (χ4v) is 2.52. The van der Waals surface area contributed by atoms with Crippen molar-refractivity contribution in [2.75, 3.05) is 7.05 Å². The summed E-state index contributed by atoms with van der Waals surface area (Å²) in [6.07, 6.45) is 0. The molecule has 0 aromatic heterocycles. The van der Waals surface area contributed by atoms with Crippen molar-refractivity contribution < 1.29 is 9.18 Å². The Kier molecular flexibility index (Phi) is 4.78.